The average molecular weight is 317 g/mol. The fraction of sp³-hybridized carbons (Fsp3) is 0.529. The van der Waals surface area contributed by atoms with Gasteiger partial charge in [0, 0.05) is 6.04 Å². The average Bonchev–Trinajstić information content (AvgIpc) is 2.93. The Morgan fingerprint density at radius 3 is 3.00 bits per heavy atom. The third-order valence-electron chi connectivity index (χ3n) is 4.76. The third kappa shape index (κ3) is 3.46. The number of imidazole rings is 1. The summed E-state index contributed by atoms with van der Waals surface area (Å²) in [5, 5.41) is 4.01. The van der Waals surface area contributed by atoms with Crippen LogP contribution in [0.3, 0.4) is 0 Å². The normalized spacial score (nSPS) is 25.3. The highest BCUT2D eigenvalue weighted by Crippen LogP contribution is 2.29. The zero-order valence-corrected chi connectivity index (χ0v) is 14.0. The van der Waals surface area contributed by atoms with E-state index >= 15 is 0 Å². The van der Waals surface area contributed by atoms with Crippen LogP contribution in [-0.2, 0) is 4.79 Å². The molecule has 1 fully saturated rings. The van der Waals surface area contributed by atoms with Crippen molar-refractivity contribution in [1.29, 1.82) is 0 Å². The van der Waals surface area contributed by atoms with Gasteiger partial charge in [0.15, 0.2) is 5.16 Å². The predicted octanol–water partition coefficient (Wildman–Crippen LogP) is 3.60. The Hall–Kier alpha value is -1.49. The first kappa shape index (κ1) is 15.4. The monoisotopic (exact) mass is 317 g/mol. The number of fused-ring (bicyclic) bond motifs is 1. The maximum atomic E-state index is 12.2. The molecule has 3 atom stereocenters. The molecule has 2 aromatic rings. The SMILES string of the molecule is C[C@H]1[C@@H](NC(=O)CSc2nc3ccccc3[nH]2)CCC[C@@H]1C. The van der Waals surface area contributed by atoms with Crippen molar-refractivity contribution in [2.75, 3.05) is 5.75 Å². The fourth-order valence-corrected chi connectivity index (χ4v) is 3.86. The quantitative estimate of drug-likeness (QED) is 0.847. The van der Waals surface area contributed by atoms with Crippen LogP contribution in [0.5, 0.6) is 0 Å². The summed E-state index contributed by atoms with van der Waals surface area (Å²) in [5.74, 6) is 1.78. The van der Waals surface area contributed by atoms with E-state index in [1.54, 1.807) is 0 Å². The summed E-state index contributed by atoms with van der Waals surface area (Å²) in [6.07, 6.45) is 3.60. The molecule has 0 spiro atoms. The van der Waals surface area contributed by atoms with E-state index in [0.29, 0.717) is 23.6 Å². The predicted molar refractivity (Wildman–Crippen MR) is 90.9 cm³/mol. The first-order chi connectivity index (χ1) is 10.6. The number of amides is 1. The van der Waals surface area contributed by atoms with Crippen LogP contribution in [0.4, 0.5) is 0 Å². The minimum atomic E-state index is 0.108. The van der Waals surface area contributed by atoms with Crippen LogP contribution >= 0.6 is 11.8 Å². The van der Waals surface area contributed by atoms with Gasteiger partial charge in [0.2, 0.25) is 5.91 Å². The summed E-state index contributed by atoms with van der Waals surface area (Å²) in [5.41, 5.74) is 1.96. The molecular weight excluding hydrogens is 294 g/mol. The molecule has 1 aliphatic rings. The lowest BCUT2D eigenvalue weighted by Gasteiger charge is -2.34. The Balaban J connectivity index is 1.53. The van der Waals surface area contributed by atoms with Crippen LogP contribution in [0, 0.1) is 11.8 Å². The number of hydrogen-bond donors (Lipinski definition) is 2. The van der Waals surface area contributed by atoms with Crippen molar-refractivity contribution in [2.24, 2.45) is 11.8 Å². The van der Waals surface area contributed by atoms with Gasteiger partial charge >= 0.3 is 0 Å². The van der Waals surface area contributed by atoms with Gasteiger partial charge in [0.25, 0.3) is 0 Å². The van der Waals surface area contributed by atoms with E-state index in [0.717, 1.165) is 22.6 Å². The van der Waals surface area contributed by atoms with Crippen LogP contribution in [0.1, 0.15) is 33.1 Å². The lowest BCUT2D eigenvalue weighted by molar-refractivity contribution is -0.120. The van der Waals surface area contributed by atoms with Crippen LogP contribution in [0.2, 0.25) is 0 Å². The maximum absolute atomic E-state index is 12.2. The maximum Gasteiger partial charge on any atom is 0.230 e. The molecule has 118 valence electrons. The van der Waals surface area contributed by atoms with Gasteiger partial charge < -0.3 is 10.3 Å². The summed E-state index contributed by atoms with van der Waals surface area (Å²) < 4.78 is 0. The van der Waals surface area contributed by atoms with Gasteiger partial charge in [-0.3, -0.25) is 4.79 Å². The second-order valence-corrected chi connectivity index (χ2v) is 7.25. The topological polar surface area (TPSA) is 57.8 Å². The molecule has 0 unspecified atom stereocenters. The van der Waals surface area contributed by atoms with Gasteiger partial charge in [-0.25, -0.2) is 4.98 Å². The second-order valence-electron chi connectivity index (χ2n) is 6.29. The van der Waals surface area contributed by atoms with E-state index in [9.17, 15) is 4.79 Å². The molecule has 1 heterocycles. The van der Waals surface area contributed by atoms with Crippen molar-refractivity contribution in [3.63, 3.8) is 0 Å². The third-order valence-corrected chi connectivity index (χ3v) is 5.63. The summed E-state index contributed by atoms with van der Waals surface area (Å²) in [4.78, 5) is 19.9. The van der Waals surface area contributed by atoms with Gasteiger partial charge in [-0.1, -0.05) is 50.6 Å². The van der Waals surface area contributed by atoms with E-state index in [2.05, 4.69) is 29.1 Å². The van der Waals surface area contributed by atoms with Gasteiger partial charge in [-0.2, -0.15) is 0 Å². The van der Waals surface area contributed by atoms with E-state index in [1.165, 1.54) is 24.6 Å². The molecule has 2 N–H and O–H groups in total. The largest absolute Gasteiger partial charge is 0.352 e. The summed E-state index contributed by atoms with van der Waals surface area (Å²) >= 11 is 1.47. The van der Waals surface area contributed by atoms with Crippen molar-refractivity contribution >= 4 is 28.7 Å². The van der Waals surface area contributed by atoms with Gasteiger partial charge in [-0.15, -0.1) is 0 Å². The Labute approximate surface area is 135 Å². The smallest absolute Gasteiger partial charge is 0.230 e. The zero-order chi connectivity index (χ0) is 15.5. The summed E-state index contributed by atoms with van der Waals surface area (Å²) in [6.45, 7) is 4.54. The number of nitrogens with zero attached hydrogens (tertiary/aromatic N) is 1. The highest BCUT2D eigenvalue weighted by molar-refractivity contribution is 7.99. The minimum Gasteiger partial charge on any atom is -0.352 e. The first-order valence-electron chi connectivity index (χ1n) is 8.00. The van der Waals surface area contributed by atoms with Gasteiger partial charge in [-0.05, 0) is 30.4 Å². The van der Waals surface area contributed by atoms with Crippen molar-refractivity contribution in [3.05, 3.63) is 24.3 Å². The van der Waals surface area contributed by atoms with Crippen molar-refractivity contribution in [2.45, 2.75) is 44.3 Å². The molecule has 1 saturated carbocycles. The molecule has 4 nitrogen and oxygen atoms in total. The zero-order valence-electron chi connectivity index (χ0n) is 13.1. The Kier molecular flexibility index (Phi) is 4.71. The number of rotatable bonds is 4. The van der Waals surface area contributed by atoms with Crippen molar-refractivity contribution in [3.8, 4) is 0 Å². The van der Waals surface area contributed by atoms with E-state index in [1.807, 2.05) is 24.3 Å². The number of para-hydroxylation sites is 2. The number of H-pyrrole nitrogens is 1. The molecule has 1 aromatic heterocycles. The number of carbonyl (C=O) groups is 1. The van der Waals surface area contributed by atoms with Crippen molar-refractivity contribution < 1.29 is 4.79 Å². The highest BCUT2D eigenvalue weighted by atomic mass is 32.2. The fourth-order valence-electron chi connectivity index (χ4n) is 3.17. The molecule has 0 radical (unpaired) electrons. The van der Waals surface area contributed by atoms with E-state index < -0.39 is 0 Å². The van der Waals surface area contributed by atoms with E-state index in [-0.39, 0.29) is 5.91 Å². The lowest BCUT2D eigenvalue weighted by Crippen LogP contribution is -2.44. The van der Waals surface area contributed by atoms with Crippen LogP contribution < -0.4 is 5.32 Å². The standard InChI is InChI=1S/C17H23N3OS/c1-11-6-5-9-13(12(11)2)18-16(21)10-22-17-19-14-7-3-4-8-15(14)20-17/h3-4,7-8,11-13H,5-6,9-10H2,1-2H3,(H,18,21)(H,19,20)/t11-,12+,13-/m0/s1. The molecule has 0 aliphatic heterocycles. The van der Waals surface area contributed by atoms with E-state index in [4.69, 9.17) is 0 Å². The molecule has 5 heteroatoms. The molecule has 1 aromatic carbocycles. The molecule has 1 amide bonds. The first-order valence-corrected chi connectivity index (χ1v) is 8.99. The number of benzene rings is 1. The number of aromatic nitrogens is 2. The molecule has 22 heavy (non-hydrogen) atoms. The van der Waals surface area contributed by atoms with Crippen LogP contribution in [0.15, 0.2) is 29.4 Å². The van der Waals surface area contributed by atoms with Crippen LogP contribution in [0.25, 0.3) is 11.0 Å². The molecule has 0 saturated heterocycles. The summed E-state index contributed by atoms with van der Waals surface area (Å²) in [6, 6.07) is 8.24. The summed E-state index contributed by atoms with van der Waals surface area (Å²) in [7, 11) is 0. The number of hydrogen-bond acceptors (Lipinski definition) is 3. The van der Waals surface area contributed by atoms with Gasteiger partial charge in [0.1, 0.15) is 0 Å². The number of thioether (sulfide) groups is 1. The highest BCUT2D eigenvalue weighted by Gasteiger charge is 2.28. The Bertz CT molecular complexity index is 621. The van der Waals surface area contributed by atoms with Crippen LogP contribution in [-0.4, -0.2) is 27.7 Å². The number of aromatic amines is 1. The Morgan fingerprint density at radius 1 is 1.36 bits per heavy atom. The molecular formula is C17H23N3OS. The van der Waals surface area contributed by atoms with Crippen molar-refractivity contribution in [1.82, 2.24) is 15.3 Å². The van der Waals surface area contributed by atoms with Gasteiger partial charge in [0.05, 0.1) is 16.8 Å². The molecule has 3 rings (SSSR count). The molecule has 1 aliphatic carbocycles. The second kappa shape index (κ2) is 6.73. The molecule has 0 bridgehead atoms. The number of nitrogens with one attached hydrogen (secondary N) is 2. The Morgan fingerprint density at radius 2 is 2.18 bits per heavy atom. The lowest BCUT2D eigenvalue weighted by atomic mass is 9.78. The minimum absolute atomic E-state index is 0.108. The number of carbonyl (C=O) groups excluding carboxylic acids is 1.